The van der Waals surface area contributed by atoms with Gasteiger partial charge in [0.2, 0.25) is 11.9 Å². The number of likely N-dealkylation sites (tertiary alicyclic amines) is 1. The van der Waals surface area contributed by atoms with E-state index in [2.05, 4.69) is 51.5 Å². The number of nitrogens with one attached hydrogen (secondary N) is 1. The van der Waals surface area contributed by atoms with Crippen molar-refractivity contribution in [1.29, 1.82) is 0 Å². The fraction of sp³-hybridized carbons (Fsp3) is 0.458. The number of unbranched alkanes of at least 4 members (excludes halogenated alkanes) is 1. The minimum atomic E-state index is -0.114. The number of aromatic nitrogens is 3. The molecule has 1 aliphatic heterocycles. The molecule has 3 aromatic rings. The molecule has 0 atom stereocenters. The molecule has 6 heteroatoms. The summed E-state index contributed by atoms with van der Waals surface area (Å²) in [6.07, 6.45) is 4.01. The number of carbonyl (C=O) groups is 1. The van der Waals surface area contributed by atoms with Gasteiger partial charge in [0.05, 0.1) is 5.69 Å². The van der Waals surface area contributed by atoms with Crippen molar-refractivity contribution in [1.82, 2.24) is 19.5 Å². The van der Waals surface area contributed by atoms with E-state index in [1.807, 2.05) is 32.0 Å². The number of carbonyl (C=O) groups excluding carboxylic acids is 1. The zero-order valence-corrected chi connectivity index (χ0v) is 18.1. The summed E-state index contributed by atoms with van der Waals surface area (Å²) in [5.41, 5.74) is 4.10. The SMILES string of the molecule is CCCCC1CN(Cc2ccc(-c3cccc4nc(NC(=O)C(C)C)nn34)cc2)C1. The van der Waals surface area contributed by atoms with E-state index in [9.17, 15) is 4.79 Å². The van der Waals surface area contributed by atoms with E-state index in [4.69, 9.17) is 0 Å². The Bertz CT molecular complexity index is 1000. The molecule has 1 aromatic carbocycles. The molecule has 0 unspecified atom stereocenters. The van der Waals surface area contributed by atoms with Gasteiger partial charge in [-0.15, -0.1) is 5.10 Å². The number of anilines is 1. The Balaban J connectivity index is 1.45. The van der Waals surface area contributed by atoms with E-state index >= 15 is 0 Å². The van der Waals surface area contributed by atoms with Crippen molar-refractivity contribution < 1.29 is 4.79 Å². The van der Waals surface area contributed by atoms with Gasteiger partial charge in [0, 0.05) is 31.1 Å². The van der Waals surface area contributed by atoms with Crippen LogP contribution >= 0.6 is 0 Å². The van der Waals surface area contributed by atoms with Gasteiger partial charge >= 0.3 is 0 Å². The lowest BCUT2D eigenvalue weighted by molar-refractivity contribution is -0.118. The number of amides is 1. The normalized spacial score (nSPS) is 14.9. The van der Waals surface area contributed by atoms with Crippen LogP contribution in [0.25, 0.3) is 16.9 Å². The van der Waals surface area contributed by atoms with Crippen LogP contribution in [0.1, 0.15) is 45.6 Å². The molecule has 158 valence electrons. The van der Waals surface area contributed by atoms with E-state index in [0.29, 0.717) is 11.6 Å². The smallest absolute Gasteiger partial charge is 0.249 e. The van der Waals surface area contributed by atoms with Crippen LogP contribution in [0.2, 0.25) is 0 Å². The average Bonchev–Trinajstić information content (AvgIpc) is 3.12. The van der Waals surface area contributed by atoms with E-state index in [1.54, 1.807) is 4.52 Å². The first-order valence-corrected chi connectivity index (χ1v) is 11.0. The molecule has 1 aliphatic rings. The van der Waals surface area contributed by atoms with Crippen LogP contribution in [-0.2, 0) is 11.3 Å². The first-order valence-electron chi connectivity index (χ1n) is 11.0. The maximum atomic E-state index is 12.0. The predicted octanol–water partition coefficient (Wildman–Crippen LogP) is 4.61. The zero-order chi connectivity index (χ0) is 21.1. The van der Waals surface area contributed by atoms with Crippen molar-refractivity contribution in [3.05, 3.63) is 48.0 Å². The molecule has 2 aromatic heterocycles. The molecule has 1 N–H and O–H groups in total. The number of fused-ring (bicyclic) bond motifs is 1. The Labute approximate surface area is 178 Å². The molecule has 1 amide bonds. The number of hydrogen-bond donors (Lipinski definition) is 1. The van der Waals surface area contributed by atoms with E-state index in [1.165, 1.54) is 37.9 Å². The standard InChI is InChI=1S/C24H31N5O/c1-4-5-7-19-15-28(16-19)14-18-10-12-20(13-11-18)21-8-6-9-22-25-24(27-29(21)22)26-23(30)17(2)3/h6,8-13,17,19H,4-5,7,14-16H2,1-3H3,(H,26,27,30). The Kier molecular flexibility index (Phi) is 6.13. The van der Waals surface area contributed by atoms with Crippen molar-refractivity contribution in [2.24, 2.45) is 11.8 Å². The summed E-state index contributed by atoms with van der Waals surface area (Å²) in [6, 6.07) is 14.6. The van der Waals surface area contributed by atoms with Gasteiger partial charge in [0.15, 0.2) is 5.65 Å². The summed E-state index contributed by atoms with van der Waals surface area (Å²) < 4.78 is 1.79. The van der Waals surface area contributed by atoms with Gasteiger partial charge in [-0.1, -0.05) is 63.9 Å². The molecule has 0 aliphatic carbocycles. The van der Waals surface area contributed by atoms with Crippen molar-refractivity contribution in [3.8, 4) is 11.3 Å². The molecule has 3 heterocycles. The minimum Gasteiger partial charge on any atom is -0.298 e. The second-order valence-electron chi connectivity index (χ2n) is 8.66. The summed E-state index contributed by atoms with van der Waals surface area (Å²) in [6.45, 7) is 9.44. The average molecular weight is 406 g/mol. The summed E-state index contributed by atoms with van der Waals surface area (Å²) in [5, 5.41) is 7.28. The lowest BCUT2D eigenvalue weighted by Gasteiger charge is -2.39. The highest BCUT2D eigenvalue weighted by atomic mass is 16.2. The van der Waals surface area contributed by atoms with E-state index in [-0.39, 0.29) is 11.8 Å². The Hall–Kier alpha value is -2.73. The monoisotopic (exact) mass is 405 g/mol. The van der Waals surface area contributed by atoms with Crippen LogP contribution in [0.3, 0.4) is 0 Å². The lowest BCUT2D eigenvalue weighted by atomic mass is 9.93. The summed E-state index contributed by atoms with van der Waals surface area (Å²) >= 11 is 0. The minimum absolute atomic E-state index is 0.0836. The van der Waals surface area contributed by atoms with Crippen molar-refractivity contribution in [3.63, 3.8) is 0 Å². The van der Waals surface area contributed by atoms with Crippen molar-refractivity contribution >= 4 is 17.5 Å². The van der Waals surface area contributed by atoms with E-state index in [0.717, 1.165) is 23.7 Å². The van der Waals surface area contributed by atoms with Crippen molar-refractivity contribution in [2.45, 2.75) is 46.6 Å². The number of pyridine rings is 1. The molecule has 0 spiro atoms. The van der Waals surface area contributed by atoms with Gasteiger partial charge < -0.3 is 0 Å². The fourth-order valence-corrected chi connectivity index (χ4v) is 3.95. The number of benzene rings is 1. The van der Waals surface area contributed by atoms with Crippen LogP contribution in [0.4, 0.5) is 5.95 Å². The molecule has 30 heavy (non-hydrogen) atoms. The molecular formula is C24H31N5O. The topological polar surface area (TPSA) is 62.5 Å². The molecule has 0 bridgehead atoms. The lowest BCUT2D eigenvalue weighted by Crippen LogP contribution is -2.45. The maximum absolute atomic E-state index is 12.0. The third-order valence-corrected chi connectivity index (χ3v) is 5.77. The molecule has 0 radical (unpaired) electrons. The number of rotatable bonds is 8. The third kappa shape index (κ3) is 4.54. The van der Waals surface area contributed by atoms with E-state index < -0.39 is 0 Å². The Morgan fingerprint density at radius 2 is 1.93 bits per heavy atom. The molecule has 0 saturated carbocycles. The van der Waals surface area contributed by atoms with Crippen LogP contribution in [-0.4, -0.2) is 38.5 Å². The summed E-state index contributed by atoms with van der Waals surface area (Å²) in [4.78, 5) is 18.9. The van der Waals surface area contributed by atoms with Gasteiger partial charge in [0.1, 0.15) is 0 Å². The number of nitrogens with zero attached hydrogens (tertiary/aromatic N) is 4. The van der Waals surface area contributed by atoms with Crippen LogP contribution in [0, 0.1) is 11.8 Å². The first kappa shape index (κ1) is 20.5. The third-order valence-electron chi connectivity index (χ3n) is 5.77. The highest BCUT2D eigenvalue weighted by Gasteiger charge is 2.25. The largest absolute Gasteiger partial charge is 0.298 e. The number of hydrogen-bond acceptors (Lipinski definition) is 4. The zero-order valence-electron chi connectivity index (χ0n) is 18.1. The van der Waals surface area contributed by atoms with Gasteiger partial charge in [-0.3, -0.25) is 15.0 Å². The highest BCUT2D eigenvalue weighted by molar-refractivity contribution is 5.90. The van der Waals surface area contributed by atoms with Crippen LogP contribution in [0.15, 0.2) is 42.5 Å². The van der Waals surface area contributed by atoms with Gasteiger partial charge in [-0.2, -0.15) is 4.98 Å². The van der Waals surface area contributed by atoms with Gasteiger partial charge in [0.25, 0.3) is 0 Å². The quantitative estimate of drug-likeness (QED) is 0.594. The van der Waals surface area contributed by atoms with Crippen LogP contribution in [0.5, 0.6) is 0 Å². The second-order valence-corrected chi connectivity index (χ2v) is 8.66. The van der Waals surface area contributed by atoms with Gasteiger partial charge in [-0.05, 0) is 30.0 Å². The first-order chi connectivity index (χ1) is 14.5. The fourth-order valence-electron chi connectivity index (χ4n) is 3.95. The van der Waals surface area contributed by atoms with Crippen LogP contribution < -0.4 is 5.32 Å². The second kappa shape index (κ2) is 8.96. The molecule has 4 rings (SSSR count). The predicted molar refractivity (Wildman–Crippen MR) is 120 cm³/mol. The maximum Gasteiger partial charge on any atom is 0.249 e. The Morgan fingerprint density at radius 1 is 1.17 bits per heavy atom. The molecule has 1 saturated heterocycles. The molecule has 1 fully saturated rings. The highest BCUT2D eigenvalue weighted by Crippen LogP contribution is 2.25. The molecular weight excluding hydrogens is 374 g/mol. The summed E-state index contributed by atoms with van der Waals surface area (Å²) in [7, 11) is 0. The van der Waals surface area contributed by atoms with Crippen molar-refractivity contribution in [2.75, 3.05) is 18.4 Å². The van der Waals surface area contributed by atoms with Gasteiger partial charge in [-0.25, -0.2) is 4.52 Å². The summed E-state index contributed by atoms with van der Waals surface area (Å²) in [5.74, 6) is 1.03. The Morgan fingerprint density at radius 3 is 2.63 bits per heavy atom. The molecule has 6 nitrogen and oxygen atoms in total.